The van der Waals surface area contributed by atoms with Crippen LogP contribution in [0.5, 0.6) is 0 Å². The summed E-state index contributed by atoms with van der Waals surface area (Å²) in [5.74, 6) is 0.394. The number of rotatable bonds is 5. The fourth-order valence-electron chi connectivity index (χ4n) is 4.02. The number of fused-ring (bicyclic) bond motifs is 1. The van der Waals surface area contributed by atoms with Crippen molar-refractivity contribution >= 4 is 51.6 Å². The SMILES string of the molecule is O=C(Nc1cccc2ccccc12)c1ccc([C@H]2SCC(=O)N2Cc2ccc(Cl)cc2)cc1. The van der Waals surface area contributed by atoms with Crippen LogP contribution in [0.15, 0.2) is 91.0 Å². The molecule has 6 heteroatoms. The lowest BCUT2D eigenvalue weighted by atomic mass is 10.1. The van der Waals surface area contributed by atoms with E-state index >= 15 is 0 Å². The van der Waals surface area contributed by atoms with Crippen LogP contribution in [-0.2, 0) is 11.3 Å². The molecular weight excluding hydrogens is 452 g/mol. The summed E-state index contributed by atoms with van der Waals surface area (Å²) in [6.45, 7) is 0.525. The third-order valence-corrected chi connectivity index (χ3v) is 7.24. The molecule has 5 rings (SSSR count). The number of nitrogens with one attached hydrogen (secondary N) is 1. The van der Waals surface area contributed by atoms with Crippen molar-refractivity contribution in [1.29, 1.82) is 0 Å². The molecular formula is C27H21ClN2O2S. The van der Waals surface area contributed by atoms with Gasteiger partial charge in [-0.05, 0) is 46.8 Å². The van der Waals surface area contributed by atoms with E-state index in [-0.39, 0.29) is 17.2 Å². The van der Waals surface area contributed by atoms with Crippen molar-refractivity contribution in [2.24, 2.45) is 0 Å². The predicted octanol–water partition coefficient (Wildman–Crippen LogP) is 6.52. The highest BCUT2D eigenvalue weighted by molar-refractivity contribution is 8.00. The van der Waals surface area contributed by atoms with Gasteiger partial charge >= 0.3 is 0 Å². The summed E-state index contributed by atoms with van der Waals surface area (Å²) < 4.78 is 0. The Balaban J connectivity index is 1.32. The van der Waals surface area contributed by atoms with Crippen molar-refractivity contribution in [2.75, 3.05) is 11.1 Å². The van der Waals surface area contributed by atoms with E-state index in [9.17, 15) is 9.59 Å². The maximum Gasteiger partial charge on any atom is 0.255 e. The Kier molecular flexibility index (Phi) is 6.07. The van der Waals surface area contributed by atoms with Gasteiger partial charge < -0.3 is 10.2 Å². The zero-order valence-corrected chi connectivity index (χ0v) is 19.3. The van der Waals surface area contributed by atoms with Gasteiger partial charge in [0.15, 0.2) is 0 Å². The molecule has 4 nitrogen and oxygen atoms in total. The van der Waals surface area contributed by atoms with E-state index in [2.05, 4.69) is 5.32 Å². The Hall–Kier alpha value is -3.28. The second kappa shape index (κ2) is 9.30. The number of benzene rings is 4. The summed E-state index contributed by atoms with van der Waals surface area (Å²) in [5, 5.41) is 5.70. The van der Waals surface area contributed by atoms with Crippen LogP contribution in [0.1, 0.15) is 26.9 Å². The van der Waals surface area contributed by atoms with E-state index in [0.717, 1.165) is 27.6 Å². The first kappa shape index (κ1) is 21.6. The number of amides is 2. The standard InChI is InChI=1S/C27H21ClN2O2S/c28-22-14-8-18(9-15-22)16-30-25(31)17-33-27(30)21-12-10-20(11-13-21)26(32)29-24-7-3-5-19-4-1-2-6-23(19)24/h1-15,27H,16-17H2,(H,29,32)/t27-/m1/s1. The first-order chi connectivity index (χ1) is 16.1. The molecule has 0 unspecified atom stereocenters. The van der Waals surface area contributed by atoms with Crippen molar-refractivity contribution < 1.29 is 9.59 Å². The largest absolute Gasteiger partial charge is 0.322 e. The van der Waals surface area contributed by atoms with Crippen molar-refractivity contribution in [1.82, 2.24) is 4.90 Å². The summed E-state index contributed by atoms with van der Waals surface area (Å²) in [4.78, 5) is 27.3. The molecule has 1 saturated heterocycles. The van der Waals surface area contributed by atoms with Crippen LogP contribution < -0.4 is 5.32 Å². The molecule has 4 aromatic carbocycles. The van der Waals surface area contributed by atoms with Crippen LogP contribution in [0, 0.1) is 0 Å². The summed E-state index contributed by atoms with van der Waals surface area (Å²) >= 11 is 7.59. The molecule has 164 valence electrons. The van der Waals surface area contributed by atoms with Gasteiger partial charge in [0.25, 0.3) is 5.91 Å². The van der Waals surface area contributed by atoms with E-state index in [1.807, 2.05) is 95.9 Å². The van der Waals surface area contributed by atoms with Gasteiger partial charge in [0, 0.05) is 28.2 Å². The molecule has 0 bridgehead atoms. The molecule has 0 saturated carbocycles. The molecule has 0 spiro atoms. The van der Waals surface area contributed by atoms with Gasteiger partial charge in [-0.15, -0.1) is 11.8 Å². The molecule has 2 amide bonds. The third-order valence-electron chi connectivity index (χ3n) is 5.73. The van der Waals surface area contributed by atoms with Gasteiger partial charge in [-0.1, -0.05) is 72.3 Å². The van der Waals surface area contributed by atoms with Gasteiger partial charge in [0.05, 0.1) is 5.75 Å². The zero-order valence-electron chi connectivity index (χ0n) is 17.7. The van der Waals surface area contributed by atoms with Crippen LogP contribution in [0.25, 0.3) is 10.8 Å². The maximum atomic E-state index is 12.9. The number of thioether (sulfide) groups is 1. The minimum Gasteiger partial charge on any atom is -0.322 e. The molecule has 1 N–H and O–H groups in total. The Morgan fingerprint density at radius 1 is 0.939 bits per heavy atom. The van der Waals surface area contributed by atoms with Crippen molar-refractivity contribution in [2.45, 2.75) is 11.9 Å². The summed E-state index contributed by atoms with van der Waals surface area (Å²) in [6, 6.07) is 28.9. The van der Waals surface area contributed by atoms with Crippen molar-refractivity contribution in [3.8, 4) is 0 Å². The van der Waals surface area contributed by atoms with Crippen LogP contribution in [0.3, 0.4) is 0 Å². The normalized spacial score (nSPS) is 15.7. The summed E-state index contributed by atoms with van der Waals surface area (Å²) in [6.07, 6.45) is 0. The Morgan fingerprint density at radius 2 is 1.67 bits per heavy atom. The van der Waals surface area contributed by atoms with E-state index in [0.29, 0.717) is 22.9 Å². The van der Waals surface area contributed by atoms with Gasteiger partial charge in [-0.2, -0.15) is 0 Å². The molecule has 0 aliphatic carbocycles. The lowest BCUT2D eigenvalue weighted by Crippen LogP contribution is -2.27. The molecule has 1 atom stereocenters. The molecule has 1 heterocycles. The lowest BCUT2D eigenvalue weighted by molar-refractivity contribution is -0.128. The molecule has 33 heavy (non-hydrogen) atoms. The Labute approximate surface area is 201 Å². The average Bonchev–Trinajstić information content (AvgIpc) is 3.21. The van der Waals surface area contributed by atoms with Gasteiger partial charge in [-0.3, -0.25) is 9.59 Å². The minimum absolute atomic E-state index is 0.0802. The van der Waals surface area contributed by atoms with Crippen LogP contribution in [0.4, 0.5) is 5.69 Å². The Bertz CT molecular complexity index is 1320. The monoisotopic (exact) mass is 472 g/mol. The fourth-order valence-corrected chi connectivity index (χ4v) is 5.33. The third kappa shape index (κ3) is 4.61. The predicted molar refractivity (Wildman–Crippen MR) is 136 cm³/mol. The van der Waals surface area contributed by atoms with Crippen molar-refractivity contribution in [3.63, 3.8) is 0 Å². The highest BCUT2D eigenvalue weighted by atomic mass is 35.5. The van der Waals surface area contributed by atoms with E-state index in [1.54, 1.807) is 11.8 Å². The van der Waals surface area contributed by atoms with E-state index < -0.39 is 0 Å². The van der Waals surface area contributed by atoms with E-state index in [4.69, 9.17) is 11.6 Å². The first-order valence-electron chi connectivity index (χ1n) is 10.6. The smallest absolute Gasteiger partial charge is 0.255 e. The Morgan fingerprint density at radius 3 is 2.45 bits per heavy atom. The molecule has 4 aromatic rings. The van der Waals surface area contributed by atoms with Gasteiger partial charge in [0.1, 0.15) is 5.37 Å². The zero-order chi connectivity index (χ0) is 22.8. The quantitative estimate of drug-likeness (QED) is 0.359. The molecule has 1 aliphatic heterocycles. The number of anilines is 1. The second-order valence-corrected chi connectivity index (χ2v) is 9.42. The number of hydrogen-bond acceptors (Lipinski definition) is 3. The van der Waals surface area contributed by atoms with Crippen LogP contribution >= 0.6 is 23.4 Å². The van der Waals surface area contributed by atoms with Gasteiger partial charge in [0.2, 0.25) is 5.91 Å². The number of hydrogen-bond donors (Lipinski definition) is 1. The minimum atomic E-state index is -0.161. The van der Waals surface area contributed by atoms with Gasteiger partial charge in [-0.25, -0.2) is 0 Å². The summed E-state index contributed by atoms with van der Waals surface area (Å²) in [5.41, 5.74) is 3.39. The average molecular weight is 473 g/mol. The molecule has 0 radical (unpaired) electrons. The highest BCUT2D eigenvalue weighted by Crippen LogP contribution is 2.39. The van der Waals surface area contributed by atoms with Crippen LogP contribution in [-0.4, -0.2) is 22.5 Å². The lowest BCUT2D eigenvalue weighted by Gasteiger charge is -2.24. The first-order valence-corrected chi connectivity index (χ1v) is 12.1. The topological polar surface area (TPSA) is 49.4 Å². The number of carbonyl (C=O) groups is 2. The van der Waals surface area contributed by atoms with Crippen molar-refractivity contribution in [3.05, 3.63) is 113 Å². The highest BCUT2D eigenvalue weighted by Gasteiger charge is 2.32. The molecule has 0 aromatic heterocycles. The number of nitrogens with zero attached hydrogens (tertiary/aromatic N) is 1. The van der Waals surface area contributed by atoms with E-state index in [1.165, 1.54) is 0 Å². The maximum absolute atomic E-state index is 12.9. The number of halogens is 1. The van der Waals surface area contributed by atoms with Crippen LogP contribution in [0.2, 0.25) is 5.02 Å². The second-order valence-electron chi connectivity index (χ2n) is 7.91. The fraction of sp³-hybridized carbons (Fsp3) is 0.111. The number of carbonyl (C=O) groups excluding carboxylic acids is 2. The summed E-state index contributed by atoms with van der Waals surface area (Å²) in [7, 11) is 0. The molecule has 1 aliphatic rings. The molecule has 1 fully saturated rings.